The molecule has 0 aliphatic heterocycles. The minimum atomic E-state index is -0.232. The summed E-state index contributed by atoms with van der Waals surface area (Å²) in [5.74, 6) is 0.380. The van der Waals surface area contributed by atoms with E-state index in [-0.39, 0.29) is 12.5 Å². The van der Waals surface area contributed by atoms with Gasteiger partial charge in [-0.2, -0.15) is 0 Å². The summed E-state index contributed by atoms with van der Waals surface area (Å²) in [5.41, 5.74) is 6.91. The van der Waals surface area contributed by atoms with Gasteiger partial charge in [0.1, 0.15) is 5.75 Å². The van der Waals surface area contributed by atoms with Crippen molar-refractivity contribution < 1.29 is 9.53 Å². The van der Waals surface area contributed by atoms with Gasteiger partial charge in [-0.25, -0.2) is 0 Å². The Hall–Kier alpha value is -1.53. The molecule has 0 bridgehead atoms. The molecule has 0 fully saturated rings. The molecular weight excluding hydrogens is 388 g/mol. The molecule has 6 heteroatoms. The SMILES string of the molecule is Nc1ccc(NC(=O)COc2ccc(Br)cc2Br)cc1. The van der Waals surface area contributed by atoms with Crippen LogP contribution in [0.3, 0.4) is 0 Å². The van der Waals surface area contributed by atoms with Crippen LogP contribution in [0.4, 0.5) is 11.4 Å². The summed E-state index contributed by atoms with van der Waals surface area (Å²) >= 11 is 6.72. The summed E-state index contributed by atoms with van der Waals surface area (Å²) in [6, 6.07) is 12.4. The number of carbonyl (C=O) groups excluding carboxylic acids is 1. The van der Waals surface area contributed by atoms with Gasteiger partial charge in [-0.3, -0.25) is 4.79 Å². The summed E-state index contributed by atoms with van der Waals surface area (Å²) in [6.07, 6.45) is 0. The Kier molecular flexibility index (Phi) is 5.03. The number of anilines is 2. The smallest absolute Gasteiger partial charge is 0.262 e. The van der Waals surface area contributed by atoms with Crippen molar-refractivity contribution >= 4 is 49.1 Å². The molecule has 0 saturated heterocycles. The van der Waals surface area contributed by atoms with E-state index in [4.69, 9.17) is 10.5 Å². The number of nitrogen functional groups attached to an aromatic ring is 1. The quantitative estimate of drug-likeness (QED) is 0.768. The Bertz CT molecular complexity index is 615. The molecule has 0 unspecified atom stereocenters. The van der Waals surface area contributed by atoms with Crippen LogP contribution in [0.2, 0.25) is 0 Å². The van der Waals surface area contributed by atoms with Crippen LogP contribution in [0.1, 0.15) is 0 Å². The number of ether oxygens (including phenoxy) is 1. The fourth-order valence-corrected chi connectivity index (χ4v) is 2.66. The molecule has 2 aromatic rings. The zero-order valence-electron chi connectivity index (χ0n) is 10.4. The maximum Gasteiger partial charge on any atom is 0.262 e. The molecule has 4 nitrogen and oxygen atoms in total. The fraction of sp³-hybridized carbons (Fsp3) is 0.0714. The largest absolute Gasteiger partial charge is 0.483 e. The summed E-state index contributed by atoms with van der Waals surface area (Å²) in [5, 5.41) is 2.73. The Labute approximate surface area is 133 Å². The maximum atomic E-state index is 11.8. The molecule has 1 amide bonds. The normalized spacial score (nSPS) is 10.1. The second-order valence-corrected chi connectivity index (χ2v) is 5.80. The summed E-state index contributed by atoms with van der Waals surface area (Å²) in [6.45, 7) is -0.0649. The molecule has 104 valence electrons. The highest BCUT2D eigenvalue weighted by atomic mass is 79.9. The van der Waals surface area contributed by atoms with Crippen molar-refractivity contribution in [1.82, 2.24) is 0 Å². The van der Waals surface area contributed by atoms with Gasteiger partial charge in [0.15, 0.2) is 6.61 Å². The van der Waals surface area contributed by atoms with Crippen LogP contribution in [0, 0.1) is 0 Å². The molecule has 0 heterocycles. The van der Waals surface area contributed by atoms with E-state index in [1.54, 1.807) is 30.3 Å². The third kappa shape index (κ3) is 4.25. The molecular formula is C14H12Br2N2O2. The highest BCUT2D eigenvalue weighted by Crippen LogP contribution is 2.28. The van der Waals surface area contributed by atoms with Gasteiger partial charge in [-0.1, -0.05) is 15.9 Å². The van der Waals surface area contributed by atoms with E-state index < -0.39 is 0 Å². The van der Waals surface area contributed by atoms with Gasteiger partial charge in [-0.05, 0) is 58.4 Å². The predicted octanol–water partition coefficient (Wildman–Crippen LogP) is 3.81. The van der Waals surface area contributed by atoms with Gasteiger partial charge in [0.25, 0.3) is 5.91 Å². The standard InChI is InChI=1S/C14H12Br2N2O2/c15-9-1-6-13(12(16)7-9)20-8-14(19)18-11-4-2-10(17)3-5-11/h1-7H,8,17H2,(H,18,19). The number of benzene rings is 2. The molecule has 20 heavy (non-hydrogen) atoms. The highest BCUT2D eigenvalue weighted by molar-refractivity contribution is 9.11. The first-order chi connectivity index (χ1) is 9.54. The third-order valence-electron chi connectivity index (χ3n) is 2.45. The fourth-order valence-electron chi connectivity index (χ4n) is 1.50. The molecule has 0 aliphatic rings. The van der Waals surface area contributed by atoms with Crippen molar-refractivity contribution in [3.63, 3.8) is 0 Å². The lowest BCUT2D eigenvalue weighted by Crippen LogP contribution is -2.20. The summed E-state index contributed by atoms with van der Waals surface area (Å²) in [4.78, 5) is 11.8. The first-order valence-electron chi connectivity index (χ1n) is 5.78. The average molecular weight is 400 g/mol. The number of hydrogen-bond acceptors (Lipinski definition) is 3. The zero-order chi connectivity index (χ0) is 14.5. The van der Waals surface area contributed by atoms with Gasteiger partial charge >= 0.3 is 0 Å². The number of halogens is 2. The topological polar surface area (TPSA) is 64.3 Å². The number of rotatable bonds is 4. The van der Waals surface area contributed by atoms with E-state index in [9.17, 15) is 4.79 Å². The average Bonchev–Trinajstić information content (AvgIpc) is 2.40. The van der Waals surface area contributed by atoms with E-state index in [0.29, 0.717) is 17.1 Å². The lowest BCUT2D eigenvalue weighted by molar-refractivity contribution is -0.118. The zero-order valence-corrected chi connectivity index (χ0v) is 13.6. The summed E-state index contributed by atoms with van der Waals surface area (Å²) in [7, 11) is 0. The van der Waals surface area contributed by atoms with Crippen LogP contribution in [-0.4, -0.2) is 12.5 Å². The predicted molar refractivity (Wildman–Crippen MR) is 86.8 cm³/mol. The molecule has 2 rings (SSSR count). The molecule has 0 saturated carbocycles. The molecule has 2 aromatic carbocycles. The Morgan fingerprint density at radius 3 is 2.50 bits per heavy atom. The number of amides is 1. The lowest BCUT2D eigenvalue weighted by Gasteiger charge is -2.09. The van der Waals surface area contributed by atoms with Crippen LogP contribution in [0.15, 0.2) is 51.4 Å². The number of hydrogen-bond donors (Lipinski definition) is 2. The second-order valence-electron chi connectivity index (χ2n) is 4.03. The van der Waals surface area contributed by atoms with Crippen LogP contribution < -0.4 is 15.8 Å². The summed E-state index contributed by atoms with van der Waals surface area (Å²) < 4.78 is 7.16. The van der Waals surface area contributed by atoms with Gasteiger partial charge in [0.05, 0.1) is 4.47 Å². The van der Waals surface area contributed by atoms with E-state index >= 15 is 0 Å². The molecule has 0 aromatic heterocycles. The van der Waals surface area contributed by atoms with Crippen LogP contribution >= 0.6 is 31.9 Å². The van der Waals surface area contributed by atoms with Gasteiger partial charge < -0.3 is 15.8 Å². The monoisotopic (exact) mass is 398 g/mol. The number of nitrogens with two attached hydrogens (primary N) is 1. The molecule has 0 spiro atoms. The Morgan fingerprint density at radius 1 is 1.15 bits per heavy atom. The van der Waals surface area contributed by atoms with Crippen molar-refractivity contribution in [2.75, 3.05) is 17.7 Å². The van der Waals surface area contributed by atoms with Gasteiger partial charge in [-0.15, -0.1) is 0 Å². The third-order valence-corrected chi connectivity index (χ3v) is 3.56. The molecule has 0 radical (unpaired) electrons. The second kappa shape index (κ2) is 6.76. The maximum absolute atomic E-state index is 11.8. The van der Waals surface area contributed by atoms with Gasteiger partial charge in [0.2, 0.25) is 0 Å². The van der Waals surface area contributed by atoms with Crippen molar-refractivity contribution in [3.8, 4) is 5.75 Å². The molecule has 3 N–H and O–H groups in total. The van der Waals surface area contributed by atoms with Crippen LogP contribution in [0.25, 0.3) is 0 Å². The molecule has 0 aliphatic carbocycles. The minimum Gasteiger partial charge on any atom is -0.483 e. The van der Waals surface area contributed by atoms with Crippen molar-refractivity contribution in [2.45, 2.75) is 0 Å². The van der Waals surface area contributed by atoms with E-state index in [0.717, 1.165) is 8.95 Å². The van der Waals surface area contributed by atoms with Crippen molar-refractivity contribution in [1.29, 1.82) is 0 Å². The Balaban J connectivity index is 1.90. The number of nitrogens with one attached hydrogen (secondary N) is 1. The highest BCUT2D eigenvalue weighted by Gasteiger charge is 2.06. The van der Waals surface area contributed by atoms with Gasteiger partial charge in [0, 0.05) is 15.8 Å². The van der Waals surface area contributed by atoms with Crippen molar-refractivity contribution in [2.24, 2.45) is 0 Å². The first kappa shape index (κ1) is 14.9. The Morgan fingerprint density at radius 2 is 1.85 bits per heavy atom. The van der Waals surface area contributed by atoms with E-state index in [2.05, 4.69) is 37.2 Å². The molecule has 0 atom stereocenters. The lowest BCUT2D eigenvalue weighted by atomic mass is 10.3. The minimum absolute atomic E-state index is 0.0649. The van der Waals surface area contributed by atoms with E-state index in [1.807, 2.05) is 12.1 Å². The first-order valence-corrected chi connectivity index (χ1v) is 7.36. The van der Waals surface area contributed by atoms with Crippen LogP contribution in [-0.2, 0) is 4.79 Å². The number of carbonyl (C=O) groups is 1. The van der Waals surface area contributed by atoms with E-state index in [1.165, 1.54) is 0 Å². The van der Waals surface area contributed by atoms with Crippen LogP contribution in [0.5, 0.6) is 5.75 Å². The van der Waals surface area contributed by atoms with Crippen molar-refractivity contribution in [3.05, 3.63) is 51.4 Å².